The topological polar surface area (TPSA) is 293 Å². The van der Waals surface area contributed by atoms with Gasteiger partial charge < -0.3 is 78.4 Å². The molecular weight excluding hydrogens is 836 g/mol. The minimum absolute atomic E-state index is 0.0279. The number of benzene rings is 3. The zero-order valence-corrected chi connectivity index (χ0v) is 33.9. The Morgan fingerprint density at radius 3 is 1.78 bits per heavy atom. The van der Waals surface area contributed by atoms with Crippen molar-refractivity contribution in [3.63, 3.8) is 0 Å². The minimum atomic E-state index is -2.68. The molecular formula is C43H46O20. The second-order valence-electron chi connectivity index (χ2n) is 13.9. The van der Waals surface area contributed by atoms with E-state index in [9.17, 15) is 54.9 Å². The SMILES string of the molecule is COc1cc(/C=C/C(=O)OC[C@H]2O[C@@](COC(=O)/C=C/c3ccc(O)cc3)(O[C@H]3O[C@H](CO)[C@@H](O)[C@H](O)[C@H]3OC(C)=O)[C@@H](O)[C@@H]2OC(=O)/C=C/c2ccc(O)c(OC)c2)ccc1O. The maximum Gasteiger partial charge on any atom is 0.331 e. The van der Waals surface area contributed by atoms with Crippen LogP contribution >= 0.6 is 0 Å². The van der Waals surface area contributed by atoms with Crippen LogP contribution in [0.2, 0.25) is 0 Å². The minimum Gasteiger partial charge on any atom is -0.508 e. The number of carbonyl (C=O) groups excluding carboxylic acids is 4. The molecule has 20 nitrogen and oxygen atoms in total. The van der Waals surface area contributed by atoms with Gasteiger partial charge in [-0.25, -0.2) is 14.4 Å². The number of aromatic hydroxyl groups is 3. The Kier molecular flexibility index (Phi) is 16.2. The van der Waals surface area contributed by atoms with Gasteiger partial charge >= 0.3 is 23.9 Å². The smallest absolute Gasteiger partial charge is 0.331 e. The van der Waals surface area contributed by atoms with Crippen LogP contribution in [0.15, 0.2) is 78.9 Å². The molecule has 0 unspecified atom stereocenters. The van der Waals surface area contributed by atoms with E-state index >= 15 is 0 Å². The van der Waals surface area contributed by atoms with Gasteiger partial charge in [0, 0.05) is 25.2 Å². The number of carbonyl (C=O) groups is 4. The number of ether oxygens (including phenoxy) is 9. The summed E-state index contributed by atoms with van der Waals surface area (Å²) < 4.78 is 49.7. The molecule has 5 rings (SSSR count). The van der Waals surface area contributed by atoms with E-state index in [0.717, 1.165) is 25.2 Å². The number of hydrogen-bond donors (Lipinski definition) is 7. The molecule has 0 amide bonds. The van der Waals surface area contributed by atoms with Crippen LogP contribution in [0.1, 0.15) is 23.6 Å². The molecule has 338 valence electrons. The monoisotopic (exact) mass is 882 g/mol. The highest BCUT2D eigenvalue weighted by atomic mass is 16.8. The third-order valence-corrected chi connectivity index (χ3v) is 9.52. The third-order valence-electron chi connectivity index (χ3n) is 9.52. The maximum atomic E-state index is 13.4. The Morgan fingerprint density at radius 2 is 1.22 bits per heavy atom. The van der Waals surface area contributed by atoms with E-state index in [0.29, 0.717) is 16.7 Å². The quantitative estimate of drug-likeness (QED) is 0.0567. The van der Waals surface area contributed by atoms with Crippen molar-refractivity contribution in [2.24, 2.45) is 0 Å². The third kappa shape index (κ3) is 12.3. The fraction of sp³-hybridized carbons (Fsp3) is 0.349. The zero-order chi connectivity index (χ0) is 45.8. The molecule has 2 heterocycles. The van der Waals surface area contributed by atoms with Gasteiger partial charge in [-0.1, -0.05) is 24.3 Å². The van der Waals surface area contributed by atoms with Crippen LogP contribution in [0.25, 0.3) is 18.2 Å². The summed E-state index contributed by atoms with van der Waals surface area (Å²) in [6, 6.07) is 14.2. The Bertz CT molecular complexity index is 2170. The van der Waals surface area contributed by atoms with Crippen molar-refractivity contribution >= 4 is 42.1 Å². The van der Waals surface area contributed by atoms with Crippen LogP contribution in [0, 0.1) is 0 Å². The number of phenolic OH excluding ortho intramolecular Hbond substituents is 3. The number of phenols is 3. The van der Waals surface area contributed by atoms with Crippen molar-refractivity contribution in [2.75, 3.05) is 34.0 Å². The lowest BCUT2D eigenvalue weighted by atomic mass is 9.98. The van der Waals surface area contributed by atoms with Crippen molar-refractivity contribution in [1.29, 1.82) is 0 Å². The highest BCUT2D eigenvalue weighted by molar-refractivity contribution is 5.88. The zero-order valence-electron chi connectivity index (χ0n) is 33.9. The van der Waals surface area contributed by atoms with Gasteiger partial charge in [0.15, 0.2) is 41.3 Å². The van der Waals surface area contributed by atoms with Crippen molar-refractivity contribution in [3.05, 3.63) is 95.6 Å². The van der Waals surface area contributed by atoms with E-state index in [-0.39, 0.29) is 28.7 Å². The van der Waals surface area contributed by atoms with Crippen LogP contribution in [-0.4, -0.2) is 148 Å². The molecule has 3 aromatic rings. The molecule has 7 N–H and O–H groups in total. The molecule has 9 atom stereocenters. The van der Waals surface area contributed by atoms with Crippen molar-refractivity contribution in [2.45, 2.75) is 61.7 Å². The molecule has 63 heavy (non-hydrogen) atoms. The summed E-state index contributed by atoms with van der Waals surface area (Å²) in [5.41, 5.74) is 1.28. The summed E-state index contributed by atoms with van der Waals surface area (Å²) in [5, 5.41) is 73.0. The Morgan fingerprint density at radius 1 is 0.683 bits per heavy atom. The standard InChI is InChI=1S/C43H46O20/c1-23(45)59-40-38(53)37(52)32(20-44)60-42(40)63-43(22-58-35(50)15-8-24-4-11-27(46)12-5-24)41(54)39(61-36(51)17-10-26-7-14-29(48)31(19-26)56-3)33(62-43)21-57-34(49)16-9-25-6-13-28(47)30(18-25)55-2/h4-19,32-33,37-42,44,46-48,52-54H,20-22H2,1-3H3/b15-8+,16-9+,17-10+/t32-,33-,37-,38+,39-,40-,41+,42-,43+/m1/s1. The molecule has 2 aliphatic rings. The first-order chi connectivity index (χ1) is 30.1. The van der Waals surface area contributed by atoms with Gasteiger partial charge in [0.05, 0.1) is 20.8 Å². The van der Waals surface area contributed by atoms with Crippen molar-refractivity contribution in [1.82, 2.24) is 0 Å². The molecule has 2 aliphatic heterocycles. The van der Waals surface area contributed by atoms with Gasteiger partial charge in [-0.3, -0.25) is 4.79 Å². The average Bonchev–Trinajstić information content (AvgIpc) is 3.52. The van der Waals surface area contributed by atoms with Crippen LogP contribution in [0.3, 0.4) is 0 Å². The van der Waals surface area contributed by atoms with Crippen LogP contribution < -0.4 is 9.47 Å². The molecule has 0 aromatic heterocycles. The summed E-state index contributed by atoms with van der Waals surface area (Å²) in [6.07, 6.45) is -7.90. The molecule has 0 radical (unpaired) electrons. The van der Waals surface area contributed by atoms with Crippen LogP contribution in [0.5, 0.6) is 28.7 Å². The second kappa shape index (κ2) is 21.5. The van der Waals surface area contributed by atoms with Gasteiger partial charge in [-0.2, -0.15) is 0 Å². The normalized spacial score (nSPS) is 25.8. The highest BCUT2D eigenvalue weighted by Crippen LogP contribution is 2.39. The number of aliphatic hydroxyl groups is 4. The Labute approximate surface area is 359 Å². The van der Waals surface area contributed by atoms with Gasteiger partial charge in [-0.15, -0.1) is 0 Å². The van der Waals surface area contributed by atoms with E-state index in [2.05, 4.69) is 0 Å². The first-order valence-electron chi connectivity index (χ1n) is 19.0. The lowest BCUT2D eigenvalue weighted by molar-refractivity contribution is -0.383. The maximum absolute atomic E-state index is 13.4. The largest absolute Gasteiger partial charge is 0.508 e. The van der Waals surface area contributed by atoms with E-state index < -0.39 is 98.5 Å². The molecule has 2 fully saturated rings. The van der Waals surface area contributed by atoms with E-state index in [4.69, 9.17) is 42.6 Å². The van der Waals surface area contributed by atoms with Gasteiger partial charge in [0.25, 0.3) is 0 Å². The first kappa shape index (κ1) is 47.5. The Balaban J connectivity index is 1.48. The molecule has 20 heteroatoms. The number of aliphatic hydroxyl groups excluding tert-OH is 4. The molecule has 0 aliphatic carbocycles. The van der Waals surface area contributed by atoms with Crippen molar-refractivity contribution < 1.29 is 97.6 Å². The van der Waals surface area contributed by atoms with Gasteiger partial charge in [0.2, 0.25) is 12.1 Å². The number of methoxy groups -OCH3 is 2. The number of hydrogen-bond acceptors (Lipinski definition) is 20. The molecule has 0 saturated carbocycles. The van der Waals surface area contributed by atoms with Crippen LogP contribution in [-0.2, 0) is 52.3 Å². The summed E-state index contributed by atoms with van der Waals surface area (Å²) in [5.74, 6) is -6.89. The summed E-state index contributed by atoms with van der Waals surface area (Å²) >= 11 is 0. The van der Waals surface area contributed by atoms with Crippen molar-refractivity contribution in [3.8, 4) is 28.7 Å². The second-order valence-corrected chi connectivity index (χ2v) is 13.9. The lowest BCUT2D eigenvalue weighted by Crippen LogP contribution is -2.63. The fourth-order valence-electron chi connectivity index (χ4n) is 6.31. The number of rotatable bonds is 17. The van der Waals surface area contributed by atoms with Gasteiger partial charge in [0.1, 0.15) is 43.4 Å². The summed E-state index contributed by atoms with van der Waals surface area (Å²) in [6.45, 7) is -1.73. The summed E-state index contributed by atoms with van der Waals surface area (Å²) in [7, 11) is 2.66. The highest BCUT2D eigenvalue weighted by Gasteiger charge is 2.62. The lowest BCUT2D eigenvalue weighted by Gasteiger charge is -2.44. The van der Waals surface area contributed by atoms with E-state index in [1.165, 1.54) is 93.1 Å². The molecule has 0 spiro atoms. The molecule has 3 aromatic carbocycles. The average molecular weight is 883 g/mol. The summed E-state index contributed by atoms with van der Waals surface area (Å²) in [4.78, 5) is 51.6. The van der Waals surface area contributed by atoms with Crippen LogP contribution in [0.4, 0.5) is 0 Å². The first-order valence-corrected chi connectivity index (χ1v) is 19.0. The van der Waals surface area contributed by atoms with E-state index in [1.807, 2.05) is 0 Å². The molecule has 0 bridgehead atoms. The Hall–Kier alpha value is -6.52. The predicted molar refractivity (Wildman–Crippen MR) is 214 cm³/mol. The predicted octanol–water partition coefficient (Wildman–Crippen LogP) is 1.10. The molecule has 2 saturated heterocycles. The fourth-order valence-corrected chi connectivity index (χ4v) is 6.31. The van der Waals surface area contributed by atoms with Gasteiger partial charge in [-0.05, 0) is 71.3 Å². The van der Waals surface area contributed by atoms with E-state index in [1.54, 1.807) is 0 Å². The number of esters is 4.